The summed E-state index contributed by atoms with van der Waals surface area (Å²) in [4.78, 5) is 6.75. The normalized spacial score (nSPS) is 17.6. The molecule has 0 radical (unpaired) electrons. The lowest BCUT2D eigenvalue weighted by molar-refractivity contribution is 0.274. The summed E-state index contributed by atoms with van der Waals surface area (Å²) < 4.78 is 19.7. The second kappa shape index (κ2) is 10.1. The van der Waals surface area contributed by atoms with E-state index >= 15 is 0 Å². The summed E-state index contributed by atoms with van der Waals surface area (Å²) in [5.41, 5.74) is 2.83. The van der Waals surface area contributed by atoms with Gasteiger partial charge in [-0.2, -0.15) is 0 Å². The van der Waals surface area contributed by atoms with Crippen molar-refractivity contribution in [3.63, 3.8) is 0 Å². The van der Waals surface area contributed by atoms with Crippen molar-refractivity contribution in [2.45, 2.75) is 18.5 Å². The van der Waals surface area contributed by atoms with Crippen molar-refractivity contribution >= 4 is 23.0 Å². The number of pyridine rings is 1. The Morgan fingerprint density at radius 2 is 1.76 bits per heavy atom. The standard InChI is InChI=1S/C27H25FN4OS/c28-20-12-10-19(11-13-20)23-14-15-24(33-23)26-25(22-9-4-5-16-30-22)31-27(34)32(26)18-6-17-29-21-7-2-1-3-8-21/h1-5,7-16,25-26,29H,6,17-18H2,(H,31,34)/t25-,26-/m0/s1. The first kappa shape index (κ1) is 22.1. The first-order chi connectivity index (χ1) is 16.7. The first-order valence-electron chi connectivity index (χ1n) is 11.3. The summed E-state index contributed by atoms with van der Waals surface area (Å²) in [6.45, 7) is 1.58. The molecule has 5 nitrogen and oxygen atoms in total. The van der Waals surface area contributed by atoms with E-state index in [-0.39, 0.29) is 17.9 Å². The molecule has 0 amide bonds. The van der Waals surface area contributed by atoms with Gasteiger partial charge in [0, 0.05) is 30.5 Å². The average Bonchev–Trinajstić information content (AvgIpc) is 3.48. The number of rotatable bonds is 8. The molecule has 172 valence electrons. The molecule has 0 saturated carbocycles. The lowest BCUT2D eigenvalue weighted by atomic mass is 10.0. The number of thiocarbonyl (C=S) groups is 1. The Kier molecular flexibility index (Phi) is 6.53. The molecule has 5 rings (SSSR count). The number of nitrogens with zero attached hydrogens (tertiary/aromatic N) is 2. The smallest absolute Gasteiger partial charge is 0.170 e. The molecule has 0 bridgehead atoms. The lowest BCUT2D eigenvalue weighted by Gasteiger charge is -2.26. The molecule has 0 spiro atoms. The van der Waals surface area contributed by atoms with Gasteiger partial charge in [-0.3, -0.25) is 4.98 Å². The largest absolute Gasteiger partial charge is 0.459 e. The number of para-hydroxylation sites is 1. The molecule has 7 heteroatoms. The Morgan fingerprint density at radius 1 is 0.971 bits per heavy atom. The van der Waals surface area contributed by atoms with Crippen LogP contribution in [0.4, 0.5) is 10.1 Å². The van der Waals surface area contributed by atoms with Crippen LogP contribution in [-0.4, -0.2) is 28.1 Å². The van der Waals surface area contributed by atoms with Gasteiger partial charge in [-0.15, -0.1) is 0 Å². The zero-order chi connectivity index (χ0) is 23.3. The fourth-order valence-electron chi connectivity index (χ4n) is 4.27. The summed E-state index contributed by atoms with van der Waals surface area (Å²) in [5.74, 6) is 1.21. The van der Waals surface area contributed by atoms with Crippen molar-refractivity contribution in [2.24, 2.45) is 0 Å². The third-order valence-corrected chi connectivity index (χ3v) is 6.28. The van der Waals surface area contributed by atoms with Crippen LogP contribution in [0.5, 0.6) is 0 Å². The van der Waals surface area contributed by atoms with Gasteiger partial charge in [-0.05, 0) is 79.3 Å². The zero-order valence-corrected chi connectivity index (χ0v) is 19.3. The van der Waals surface area contributed by atoms with E-state index in [0.717, 1.165) is 42.2 Å². The second-order valence-electron chi connectivity index (χ2n) is 8.18. The number of anilines is 1. The Bertz CT molecular complexity index is 1230. The van der Waals surface area contributed by atoms with Gasteiger partial charge in [0.25, 0.3) is 0 Å². The maximum absolute atomic E-state index is 13.4. The van der Waals surface area contributed by atoms with Gasteiger partial charge < -0.3 is 20.0 Å². The summed E-state index contributed by atoms with van der Waals surface area (Å²) >= 11 is 5.74. The number of hydrogen-bond acceptors (Lipinski definition) is 4. The highest BCUT2D eigenvalue weighted by molar-refractivity contribution is 7.80. The van der Waals surface area contributed by atoms with Crippen LogP contribution in [0, 0.1) is 5.82 Å². The molecule has 4 aromatic rings. The highest BCUT2D eigenvalue weighted by Crippen LogP contribution is 2.40. The van der Waals surface area contributed by atoms with E-state index in [0.29, 0.717) is 10.9 Å². The first-order valence-corrected chi connectivity index (χ1v) is 11.7. The van der Waals surface area contributed by atoms with Crippen LogP contribution in [0.15, 0.2) is 95.5 Å². The van der Waals surface area contributed by atoms with Crippen molar-refractivity contribution in [1.29, 1.82) is 0 Å². The van der Waals surface area contributed by atoms with Crippen LogP contribution < -0.4 is 10.6 Å². The van der Waals surface area contributed by atoms with Gasteiger partial charge in [0.2, 0.25) is 0 Å². The fourth-order valence-corrected chi connectivity index (χ4v) is 4.61. The summed E-state index contributed by atoms with van der Waals surface area (Å²) in [5, 5.41) is 7.58. The Labute approximate surface area is 203 Å². The highest BCUT2D eigenvalue weighted by Gasteiger charge is 2.41. The van der Waals surface area contributed by atoms with E-state index < -0.39 is 0 Å². The quantitative estimate of drug-likeness (QED) is 0.244. The third-order valence-electron chi connectivity index (χ3n) is 5.92. The summed E-state index contributed by atoms with van der Waals surface area (Å²) in [7, 11) is 0. The minimum atomic E-state index is -0.272. The maximum Gasteiger partial charge on any atom is 0.170 e. The van der Waals surface area contributed by atoms with Crippen LogP contribution in [0.1, 0.15) is 30.0 Å². The summed E-state index contributed by atoms with van der Waals surface area (Å²) in [6, 6.07) is 26.0. The Morgan fingerprint density at radius 3 is 2.53 bits per heavy atom. The van der Waals surface area contributed by atoms with E-state index in [4.69, 9.17) is 16.6 Å². The van der Waals surface area contributed by atoms with Crippen molar-refractivity contribution < 1.29 is 8.81 Å². The minimum absolute atomic E-state index is 0.136. The molecule has 34 heavy (non-hydrogen) atoms. The number of halogens is 1. The number of nitrogens with one attached hydrogen (secondary N) is 2. The third kappa shape index (κ3) is 4.79. The Balaban J connectivity index is 1.37. The summed E-state index contributed by atoms with van der Waals surface area (Å²) in [6.07, 6.45) is 2.68. The van der Waals surface area contributed by atoms with E-state index in [1.807, 2.05) is 48.5 Å². The van der Waals surface area contributed by atoms with Crippen LogP contribution >= 0.6 is 12.2 Å². The van der Waals surface area contributed by atoms with Crippen LogP contribution in [-0.2, 0) is 0 Å². The number of hydrogen-bond donors (Lipinski definition) is 2. The molecule has 0 aliphatic carbocycles. The second-order valence-corrected chi connectivity index (χ2v) is 8.56. The molecular formula is C27H25FN4OS. The molecule has 2 atom stereocenters. The van der Waals surface area contributed by atoms with Crippen LogP contribution in [0.25, 0.3) is 11.3 Å². The average molecular weight is 473 g/mol. The minimum Gasteiger partial charge on any atom is -0.459 e. The fraction of sp³-hybridized carbons (Fsp3) is 0.185. The van der Waals surface area contributed by atoms with Gasteiger partial charge >= 0.3 is 0 Å². The van der Waals surface area contributed by atoms with E-state index in [9.17, 15) is 4.39 Å². The molecule has 2 N–H and O–H groups in total. The molecule has 3 heterocycles. The number of furan rings is 1. The lowest BCUT2D eigenvalue weighted by Crippen LogP contribution is -2.31. The van der Waals surface area contributed by atoms with Gasteiger partial charge in [0.1, 0.15) is 23.4 Å². The van der Waals surface area contributed by atoms with Gasteiger partial charge in [0.05, 0.1) is 11.7 Å². The van der Waals surface area contributed by atoms with E-state index in [1.54, 1.807) is 18.3 Å². The van der Waals surface area contributed by atoms with E-state index in [1.165, 1.54) is 12.1 Å². The van der Waals surface area contributed by atoms with Crippen molar-refractivity contribution in [2.75, 3.05) is 18.4 Å². The number of aromatic nitrogens is 1. The van der Waals surface area contributed by atoms with Crippen molar-refractivity contribution in [3.05, 3.63) is 108 Å². The highest BCUT2D eigenvalue weighted by atomic mass is 32.1. The van der Waals surface area contributed by atoms with Gasteiger partial charge in [-0.1, -0.05) is 24.3 Å². The number of benzene rings is 2. The monoisotopic (exact) mass is 472 g/mol. The molecule has 0 unspecified atom stereocenters. The van der Waals surface area contributed by atoms with Crippen LogP contribution in [0.2, 0.25) is 0 Å². The topological polar surface area (TPSA) is 53.3 Å². The molecule has 1 aliphatic heterocycles. The van der Waals surface area contributed by atoms with Gasteiger partial charge in [0.15, 0.2) is 5.11 Å². The zero-order valence-electron chi connectivity index (χ0n) is 18.5. The molecule has 1 fully saturated rings. The maximum atomic E-state index is 13.4. The van der Waals surface area contributed by atoms with Gasteiger partial charge in [-0.25, -0.2) is 4.39 Å². The van der Waals surface area contributed by atoms with Crippen molar-refractivity contribution in [1.82, 2.24) is 15.2 Å². The SMILES string of the molecule is Fc1ccc(-c2ccc([C@H]3[C@H](c4ccccn4)NC(=S)N3CCCNc3ccccc3)o2)cc1. The Hall–Kier alpha value is -3.71. The predicted octanol–water partition coefficient (Wildman–Crippen LogP) is 5.96. The molecular weight excluding hydrogens is 447 g/mol. The van der Waals surface area contributed by atoms with Crippen molar-refractivity contribution in [3.8, 4) is 11.3 Å². The molecule has 1 saturated heterocycles. The van der Waals surface area contributed by atoms with E-state index in [2.05, 4.69) is 32.7 Å². The molecule has 2 aromatic carbocycles. The van der Waals surface area contributed by atoms with Crippen LogP contribution in [0.3, 0.4) is 0 Å². The molecule has 2 aromatic heterocycles. The predicted molar refractivity (Wildman–Crippen MR) is 136 cm³/mol. The molecule has 1 aliphatic rings.